The number of aromatic nitrogens is 2. The van der Waals surface area contributed by atoms with Crippen LogP contribution in [0.4, 0.5) is 21.7 Å². The van der Waals surface area contributed by atoms with Gasteiger partial charge in [-0.05, 0) is 61.4 Å². The highest BCUT2D eigenvalue weighted by Gasteiger charge is 2.08. The van der Waals surface area contributed by atoms with Gasteiger partial charge in [0.05, 0.1) is 5.56 Å². The molecule has 0 aliphatic heterocycles. The molecular formula is C19H17FN4O. The van der Waals surface area contributed by atoms with Gasteiger partial charge in [0, 0.05) is 23.8 Å². The number of nitrogens with one attached hydrogen (secondary N) is 2. The van der Waals surface area contributed by atoms with Crippen LogP contribution in [-0.4, -0.2) is 15.9 Å². The predicted octanol–water partition coefficient (Wildman–Crippen LogP) is 4.23. The molecule has 0 aliphatic rings. The Kier molecular flexibility index (Phi) is 4.70. The predicted molar refractivity (Wildman–Crippen MR) is 95.6 cm³/mol. The van der Waals surface area contributed by atoms with Crippen LogP contribution in [0.25, 0.3) is 0 Å². The van der Waals surface area contributed by atoms with Crippen molar-refractivity contribution >= 4 is 23.2 Å². The quantitative estimate of drug-likeness (QED) is 0.748. The summed E-state index contributed by atoms with van der Waals surface area (Å²) in [5, 5.41) is 5.78. The summed E-state index contributed by atoms with van der Waals surface area (Å²) in [4.78, 5) is 20.5. The number of carbonyl (C=O) groups is 1. The molecule has 1 amide bonds. The van der Waals surface area contributed by atoms with Gasteiger partial charge in [0.25, 0.3) is 5.91 Å². The number of hydrogen-bond acceptors (Lipinski definition) is 4. The van der Waals surface area contributed by atoms with Gasteiger partial charge in [0.1, 0.15) is 5.82 Å². The van der Waals surface area contributed by atoms with Crippen molar-refractivity contribution in [3.8, 4) is 0 Å². The zero-order valence-corrected chi connectivity index (χ0v) is 13.9. The van der Waals surface area contributed by atoms with Crippen molar-refractivity contribution in [1.29, 1.82) is 0 Å². The van der Waals surface area contributed by atoms with E-state index in [4.69, 9.17) is 0 Å². The van der Waals surface area contributed by atoms with Crippen LogP contribution in [0.1, 0.15) is 21.5 Å². The van der Waals surface area contributed by atoms with Gasteiger partial charge in [-0.3, -0.25) is 4.79 Å². The van der Waals surface area contributed by atoms with Gasteiger partial charge in [0.15, 0.2) is 0 Å². The largest absolute Gasteiger partial charge is 0.324 e. The number of anilines is 3. The van der Waals surface area contributed by atoms with Gasteiger partial charge in [-0.2, -0.15) is 0 Å². The summed E-state index contributed by atoms with van der Waals surface area (Å²) in [6, 6.07) is 11.6. The second kappa shape index (κ2) is 7.09. The minimum Gasteiger partial charge on any atom is -0.324 e. The van der Waals surface area contributed by atoms with Crippen LogP contribution in [0.15, 0.2) is 54.9 Å². The summed E-state index contributed by atoms with van der Waals surface area (Å²) < 4.78 is 12.9. The first-order chi connectivity index (χ1) is 12.0. The van der Waals surface area contributed by atoms with Gasteiger partial charge < -0.3 is 10.6 Å². The second-order valence-electron chi connectivity index (χ2n) is 5.76. The van der Waals surface area contributed by atoms with Crippen molar-refractivity contribution in [2.75, 3.05) is 10.6 Å². The Morgan fingerprint density at radius 1 is 0.920 bits per heavy atom. The highest BCUT2D eigenvalue weighted by atomic mass is 19.1. The third kappa shape index (κ3) is 4.38. The fraction of sp³-hybridized carbons (Fsp3) is 0.105. The van der Waals surface area contributed by atoms with Crippen LogP contribution in [0.5, 0.6) is 0 Å². The van der Waals surface area contributed by atoms with E-state index in [9.17, 15) is 9.18 Å². The molecule has 2 aromatic carbocycles. The molecule has 0 spiro atoms. The Bertz CT molecular complexity index is 872. The summed E-state index contributed by atoms with van der Waals surface area (Å²) in [5.41, 5.74) is 3.98. The molecule has 0 saturated heterocycles. The Morgan fingerprint density at radius 2 is 1.52 bits per heavy atom. The third-order valence-electron chi connectivity index (χ3n) is 3.49. The maximum atomic E-state index is 12.9. The van der Waals surface area contributed by atoms with Crippen LogP contribution < -0.4 is 10.6 Å². The molecule has 0 fully saturated rings. The van der Waals surface area contributed by atoms with Crippen molar-refractivity contribution in [1.82, 2.24) is 9.97 Å². The maximum Gasteiger partial charge on any atom is 0.258 e. The molecule has 0 radical (unpaired) electrons. The molecule has 1 heterocycles. The molecule has 0 atom stereocenters. The summed E-state index contributed by atoms with van der Waals surface area (Å²) in [6.45, 7) is 4.03. The van der Waals surface area contributed by atoms with E-state index in [1.165, 1.54) is 36.7 Å². The van der Waals surface area contributed by atoms with Crippen molar-refractivity contribution in [3.05, 3.63) is 77.4 Å². The van der Waals surface area contributed by atoms with Crippen LogP contribution >= 0.6 is 0 Å². The van der Waals surface area contributed by atoms with Crippen LogP contribution in [0.3, 0.4) is 0 Å². The lowest BCUT2D eigenvalue weighted by molar-refractivity contribution is 0.102. The summed E-state index contributed by atoms with van der Waals surface area (Å²) in [5.74, 6) is -0.309. The Labute approximate surface area is 145 Å². The topological polar surface area (TPSA) is 66.9 Å². The fourth-order valence-electron chi connectivity index (χ4n) is 2.42. The highest BCUT2D eigenvalue weighted by Crippen LogP contribution is 2.17. The van der Waals surface area contributed by atoms with E-state index in [2.05, 4.69) is 26.7 Å². The van der Waals surface area contributed by atoms with Gasteiger partial charge >= 0.3 is 0 Å². The first-order valence-electron chi connectivity index (χ1n) is 7.74. The van der Waals surface area contributed by atoms with Gasteiger partial charge in [0.2, 0.25) is 5.95 Å². The molecule has 126 valence electrons. The first kappa shape index (κ1) is 16.6. The van der Waals surface area contributed by atoms with E-state index in [-0.39, 0.29) is 11.7 Å². The molecule has 0 saturated carbocycles. The number of benzene rings is 2. The zero-order valence-electron chi connectivity index (χ0n) is 13.9. The number of carbonyl (C=O) groups excluding carboxylic acids is 1. The van der Waals surface area contributed by atoms with E-state index < -0.39 is 0 Å². The van der Waals surface area contributed by atoms with Crippen LogP contribution in [0, 0.1) is 19.7 Å². The Hall–Kier alpha value is -3.28. The zero-order chi connectivity index (χ0) is 17.8. The maximum absolute atomic E-state index is 12.9. The van der Waals surface area contributed by atoms with Crippen molar-refractivity contribution in [2.45, 2.75) is 13.8 Å². The molecule has 1 aromatic heterocycles. The van der Waals surface area contributed by atoms with Crippen LogP contribution in [-0.2, 0) is 0 Å². The molecule has 0 aliphatic carbocycles. The molecule has 3 rings (SSSR count). The lowest BCUT2D eigenvalue weighted by Gasteiger charge is -2.08. The highest BCUT2D eigenvalue weighted by molar-refractivity contribution is 6.03. The lowest BCUT2D eigenvalue weighted by atomic mass is 10.1. The SMILES string of the molecule is Cc1cc(C)cc(Nc2ncc(C(=O)Nc3ccc(F)cc3)cn2)c1. The molecule has 0 unspecified atom stereocenters. The monoisotopic (exact) mass is 336 g/mol. The van der Waals surface area contributed by atoms with Crippen LogP contribution in [0.2, 0.25) is 0 Å². The average molecular weight is 336 g/mol. The molecular weight excluding hydrogens is 319 g/mol. The van der Waals surface area contributed by atoms with E-state index in [0.29, 0.717) is 17.2 Å². The van der Waals surface area contributed by atoms with Crippen molar-refractivity contribution in [2.24, 2.45) is 0 Å². The third-order valence-corrected chi connectivity index (χ3v) is 3.49. The van der Waals surface area contributed by atoms with E-state index in [0.717, 1.165) is 16.8 Å². The number of nitrogens with zero attached hydrogens (tertiary/aromatic N) is 2. The van der Waals surface area contributed by atoms with Gasteiger partial charge in [-0.25, -0.2) is 14.4 Å². The summed E-state index contributed by atoms with van der Waals surface area (Å²) in [6.07, 6.45) is 2.88. The minimum atomic E-state index is -0.358. The Morgan fingerprint density at radius 3 is 2.12 bits per heavy atom. The number of amides is 1. The normalized spacial score (nSPS) is 10.4. The van der Waals surface area contributed by atoms with Gasteiger partial charge in [-0.1, -0.05) is 6.07 Å². The fourth-order valence-corrected chi connectivity index (χ4v) is 2.42. The Balaban J connectivity index is 1.68. The molecule has 5 nitrogen and oxygen atoms in total. The van der Waals surface area contributed by atoms with E-state index >= 15 is 0 Å². The first-order valence-corrected chi connectivity index (χ1v) is 7.74. The standard InChI is InChI=1S/C19H17FN4O/c1-12-7-13(2)9-17(8-12)24-19-21-10-14(11-22-19)18(25)23-16-5-3-15(20)4-6-16/h3-11H,1-2H3,(H,23,25)(H,21,22,24). The van der Waals surface area contributed by atoms with Gasteiger partial charge in [-0.15, -0.1) is 0 Å². The molecule has 3 aromatic rings. The van der Waals surface area contributed by atoms with Crippen molar-refractivity contribution in [3.63, 3.8) is 0 Å². The second-order valence-corrected chi connectivity index (χ2v) is 5.76. The number of halogens is 1. The number of hydrogen-bond donors (Lipinski definition) is 2. The lowest BCUT2D eigenvalue weighted by Crippen LogP contribution is -2.13. The number of rotatable bonds is 4. The molecule has 6 heteroatoms. The smallest absolute Gasteiger partial charge is 0.258 e. The average Bonchev–Trinajstić information content (AvgIpc) is 2.56. The molecule has 25 heavy (non-hydrogen) atoms. The minimum absolute atomic E-state index is 0.315. The van der Waals surface area contributed by atoms with Crippen molar-refractivity contribution < 1.29 is 9.18 Å². The molecule has 0 bridgehead atoms. The summed E-state index contributed by atoms with van der Waals surface area (Å²) in [7, 11) is 0. The number of aryl methyl sites for hydroxylation is 2. The molecule has 2 N–H and O–H groups in total. The summed E-state index contributed by atoms with van der Waals surface area (Å²) >= 11 is 0. The van der Waals surface area contributed by atoms with E-state index in [1.807, 2.05) is 26.0 Å². The van der Waals surface area contributed by atoms with E-state index in [1.54, 1.807) is 0 Å².